The zero-order chi connectivity index (χ0) is 19.3. The van der Waals surface area contributed by atoms with E-state index in [9.17, 15) is 5.11 Å². The summed E-state index contributed by atoms with van der Waals surface area (Å²) < 4.78 is 0. The van der Waals surface area contributed by atoms with Gasteiger partial charge in [0.1, 0.15) is 0 Å². The smallest absolute Gasteiger partial charge is 0.0611 e. The van der Waals surface area contributed by atoms with E-state index in [-0.39, 0.29) is 6.10 Å². The van der Waals surface area contributed by atoms with Crippen LogP contribution in [0.1, 0.15) is 42.4 Å². The lowest BCUT2D eigenvalue weighted by Crippen LogP contribution is -2.17. The van der Waals surface area contributed by atoms with E-state index in [0.717, 1.165) is 38.5 Å². The van der Waals surface area contributed by atoms with E-state index in [4.69, 9.17) is 0 Å². The maximum atomic E-state index is 10.6. The third kappa shape index (κ3) is 4.62. The molecule has 1 fully saturated rings. The second-order valence-corrected chi connectivity index (χ2v) is 8.55. The Balaban J connectivity index is 1.29. The molecule has 0 unspecified atom stereocenters. The van der Waals surface area contributed by atoms with Gasteiger partial charge in [-0.3, -0.25) is 4.98 Å². The average Bonchev–Trinajstić information content (AvgIpc) is 3.21. The molecule has 146 valence electrons. The molecule has 1 aromatic heterocycles. The zero-order valence-corrected chi connectivity index (χ0v) is 16.8. The van der Waals surface area contributed by atoms with Crippen molar-refractivity contribution in [3.05, 3.63) is 89.3 Å². The number of benzene rings is 1. The predicted molar refractivity (Wildman–Crippen MR) is 115 cm³/mol. The molecule has 1 aromatic carbocycles. The van der Waals surface area contributed by atoms with Crippen LogP contribution < -0.4 is 0 Å². The number of hydrogen-bond acceptors (Lipinski definition) is 2. The fourth-order valence-electron chi connectivity index (χ4n) is 5.02. The molecular formula is C26H31NO. The number of hydrogen-bond donors (Lipinski definition) is 1. The van der Waals surface area contributed by atoms with Gasteiger partial charge in [0.2, 0.25) is 0 Å². The number of aliphatic hydroxyl groups excluding tert-OH is 1. The predicted octanol–water partition coefficient (Wildman–Crippen LogP) is 5.45. The molecule has 0 radical (unpaired) electrons. The molecule has 4 rings (SSSR count). The van der Waals surface area contributed by atoms with Gasteiger partial charge in [0.15, 0.2) is 0 Å². The monoisotopic (exact) mass is 373 g/mol. The Kier molecular flexibility index (Phi) is 6.07. The highest BCUT2D eigenvalue weighted by atomic mass is 16.3. The van der Waals surface area contributed by atoms with Crippen LogP contribution in [0.3, 0.4) is 0 Å². The summed E-state index contributed by atoms with van der Waals surface area (Å²) in [6.07, 6.45) is 17.1. The summed E-state index contributed by atoms with van der Waals surface area (Å²) in [6, 6.07) is 13.0. The molecule has 2 aromatic rings. The highest BCUT2D eigenvalue weighted by Gasteiger charge is 2.43. The minimum atomic E-state index is -0.178. The molecule has 2 aliphatic carbocycles. The molecule has 0 bridgehead atoms. The lowest BCUT2D eigenvalue weighted by Gasteiger charge is -2.18. The van der Waals surface area contributed by atoms with Crippen LogP contribution in [0.4, 0.5) is 0 Å². The lowest BCUT2D eigenvalue weighted by atomic mass is 9.88. The van der Waals surface area contributed by atoms with Crippen LogP contribution in [0.15, 0.2) is 72.6 Å². The molecule has 2 heteroatoms. The molecular weight excluding hydrogens is 342 g/mol. The van der Waals surface area contributed by atoms with E-state index in [0.29, 0.717) is 17.8 Å². The summed E-state index contributed by atoms with van der Waals surface area (Å²) in [5, 5.41) is 10.6. The van der Waals surface area contributed by atoms with Crippen LogP contribution in [-0.4, -0.2) is 16.2 Å². The van der Waals surface area contributed by atoms with Gasteiger partial charge in [0.25, 0.3) is 0 Å². The molecule has 1 heterocycles. The highest BCUT2D eigenvalue weighted by molar-refractivity contribution is 5.24. The van der Waals surface area contributed by atoms with Gasteiger partial charge in [-0.05, 0) is 80.5 Å². The Morgan fingerprint density at radius 3 is 2.75 bits per heavy atom. The van der Waals surface area contributed by atoms with E-state index < -0.39 is 0 Å². The van der Waals surface area contributed by atoms with Crippen molar-refractivity contribution in [3.8, 4) is 0 Å². The molecule has 0 spiro atoms. The van der Waals surface area contributed by atoms with Gasteiger partial charge in [-0.2, -0.15) is 0 Å². The van der Waals surface area contributed by atoms with Crippen molar-refractivity contribution in [2.75, 3.05) is 0 Å². The fourth-order valence-corrected chi connectivity index (χ4v) is 5.02. The summed E-state index contributed by atoms with van der Waals surface area (Å²) in [5.74, 6) is 1.48. The normalized spacial score (nSPS) is 26.6. The standard InChI is InChI=1S/C26H31NO/c1-19-5-4-7-21(15-19)6-2-3-8-24-25-17-22(16-23(25)18-26(24)28)10-9-20-11-13-27-14-12-20/h3-5,7-8,11-16,23-26,28H,2,6,9-10,17-18H2,1H3/b8-3+/t23-,24+,25-,26+/m0/s1. The molecule has 4 atom stereocenters. The van der Waals surface area contributed by atoms with Gasteiger partial charge in [-0.1, -0.05) is 53.6 Å². The zero-order valence-electron chi connectivity index (χ0n) is 16.8. The van der Waals surface area contributed by atoms with Gasteiger partial charge in [-0.25, -0.2) is 0 Å². The first-order valence-electron chi connectivity index (χ1n) is 10.7. The Morgan fingerprint density at radius 2 is 1.93 bits per heavy atom. The van der Waals surface area contributed by atoms with Crippen molar-refractivity contribution in [1.82, 2.24) is 4.98 Å². The number of fused-ring (bicyclic) bond motifs is 1. The van der Waals surface area contributed by atoms with Crippen LogP contribution in [0.2, 0.25) is 0 Å². The fraction of sp³-hybridized carbons (Fsp3) is 0.423. The minimum absolute atomic E-state index is 0.178. The number of nitrogens with zero attached hydrogens (tertiary/aromatic N) is 1. The van der Waals surface area contributed by atoms with Crippen LogP contribution in [0, 0.1) is 24.7 Å². The molecule has 28 heavy (non-hydrogen) atoms. The van der Waals surface area contributed by atoms with Crippen molar-refractivity contribution in [3.63, 3.8) is 0 Å². The maximum Gasteiger partial charge on any atom is 0.0611 e. The Labute approximate surface area is 169 Å². The summed E-state index contributed by atoms with van der Waals surface area (Å²) in [4.78, 5) is 4.10. The first-order chi connectivity index (χ1) is 13.7. The summed E-state index contributed by atoms with van der Waals surface area (Å²) in [5.41, 5.74) is 5.67. The minimum Gasteiger partial charge on any atom is -0.392 e. The third-order valence-corrected chi connectivity index (χ3v) is 6.47. The van der Waals surface area contributed by atoms with E-state index in [1.165, 1.54) is 16.7 Å². The number of rotatable bonds is 7. The third-order valence-electron chi connectivity index (χ3n) is 6.47. The number of aromatic nitrogens is 1. The van der Waals surface area contributed by atoms with Crippen LogP contribution in [-0.2, 0) is 12.8 Å². The first kappa shape index (κ1) is 19.1. The number of allylic oxidation sites excluding steroid dienone is 3. The van der Waals surface area contributed by atoms with Crippen molar-refractivity contribution in [2.45, 2.75) is 51.6 Å². The van der Waals surface area contributed by atoms with Gasteiger partial charge in [0.05, 0.1) is 6.10 Å². The Morgan fingerprint density at radius 1 is 1.07 bits per heavy atom. The number of pyridine rings is 1. The quantitative estimate of drug-likeness (QED) is 0.654. The molecule has 0 saturated heterocycles. The first-order valence-corrected chi connectivity index (χ1v) is 10.7. The number of aliphatic hydroxyl groups is 1. The molecule has 2 aliphatic rings. The molecule has 2 nitrogen and oxygen atoms in total. The van der Waals surface area contributed by atoms with Crippen molar-refractivity contribution in [1.29, 1.82) is 0 Å². The lowest BCUT2D eigenvalue weighted by molar-refractivity contribution is 0.141. The largest absolute Gasteiger partial charge is 0.392 e. The van der Waals surface area contributed by atoms with Crippen molar-refractivity contribution < 1.29 is 5.11 Å². The second-order valence-electron chi connectivity index (χ2n) is 8.55. The van der Waals surface area contributed by atoms with Gasteiger partial charge < -0.3 is 5.11 Å². The molecule has 1 saturated carbocycles. The SMILES string of the molecule is Cc1cccc(CC/C=C/[C@@H]2[C@H]3CC(CCc4ccncc4)=C[C@H]3C[C@H]2O)c1. The molecule has 1 N–H and O–H groups in total. The van der Waals surface area contributed by atoms with Crippen molar-refractivity contribution >= 4 is 0 Å². The Bertz CT molecular complexity index is 839. The second kappa shape index (κ2) is 8.87. The topological polar surface area (TPSA) is 33.1 Å². The highest BCUT2D eigenvalue weighted by Crippen LogP contribution is 2.48. The van der Waals surface area contributed by atoms with E-state index in [1.54, 1.807) is 5.57 Å². The summed E-state index contributed by atoms with van der Waals surface area (Å²) >= 11 is 0. The van der Waals surface area contributed by atoms with Gasteiger partial charge in [-0.15, -0.1) is 0 Å². The van der Waals surface area contributed by atoms with Crippen LogP contribution in [0.5, 0.6) is 0 Å². The van der Waals surface area contributed by atoms with Crippen LogP contribution >= 0.6 is 0 Å². The molecule has 0 aliphatic heterocycles. The van der Waals surface area contributed by atoms with Crippen molar-refractivity contribution in [2.24, 2.45) is 17.8 Å². The number of aryl methyl sites for hydroxylation is 3. The average molecular weight is 374 g/mol. The van der Waals surface area contributed by atoms with E-state index in [2.05, 4.69) is 66.5 Å². The Hall–Kier alpha value is -2.19. The van der Waals surface area contributed by atoms with Gasteiger partial charge in [0, 0.05) is 18.3 Å². The summed E-state index contributed by atoms with van der Waals surface area (Å²) in [6.45, 7) is 2.15. The summed E-state index contributed by atoms with van der Waals surface area (Å²) in [7, 11) is 0. The van der Waals surface area contributed by atoms with Crippen LogP contribution in [0.25, 0.3) is 0 Å². The van der Waals surface area contributed by atoms with E-state index in [1.807, 2.05) is 12.4 Å². The van der Waals surface area contributed by atoms with E-state index >= 15 is 0 Å². The molecule has 0 amide bonds. The van der Waals surface area contributed by atoms with Gasteiger partial charge >= 0.3 is 0 Å². The maximum absolute atomic E-state index is 10.6.